The van der Waals surface area contributed by atoms with Crippen LogP contribution in [-0.2, 0) is 4.79 Å². The monoisotopic (exact) mass is 310 g/mol. The predicted octanol–water partition coefficient (Wildman–Crippen LogP) is 3.42. The number of hydrogen-bond acceptors (Lipinski definition) is 2. The lowest BCUT2D eigenvalue weighted by molar-refractivity contribution is -0.126. The number of carbonyl (C=O) groups excluding carboxylic acids is 1. The number of benzene rings is 1. The third kappa shape index (κ3) is 4.45. The van der Waals surface area contributed by atoms with E-state index in [1.54, 1.807) is 0 Å². The van der Waals surface area contributed by atoms with E-state index in [2.05, 4.69) is 44.3 Å². The molecule has 0 radical (unpaired) electrons. The Balaban J connectivity index is 0.00000220. The van der Waals surface area contributed by atoms with Crippen molar-refractivity contribution in [3.05, 3.63) is 34.9 Å². The molecular weight excluding hydrogens is 284 g/mol. The number of rotatable bonds is 3. The van der Waals surface area contributed by atoms with Gasteiger partial charge in [0, 0.05) is 12.0 Å². The summed E-state index contributed by atoms with van der Waals surface area (Å²) in [5, 5.41) is 3.16. The molecule has 0 aliphatic heterocycles. The van der Waals surface area contributed by atoms with Crippen LogP contribution >= 0.6 is 12.4 Å². The van der Waals surface area contributed by atoms with Crippen LogP contribution in [0.25, 0.3) is 0 Å². The zero-order valence-electron chi connectivity index (χ0n) is 13.2. The molecule has 0 bridgehead atoms. The minimum atomic E-state index is 0. The number of aryl methyl sites for hydroxylation is 1. The summed E-state index contributed by atoms with van der Waals surface area (Å²) in [6, 6.07) is 6.50. The minimum Gasteiger partial charge on any atom is -0.349 e. The number of halogens is 1. The van der Waals surface area contributed by atoms with Crippen molar-refractivity contribution in [2.24, 2.45) is 11.7 Å². The molecule has 0 saturated heterocycles. The molecule has 118 valence electrons. The van der Waals surface area contributed by atoms with E-state index in [9.17, 15) is 4.79 Å². The molecule has 3 nitrogen and oxygen atoms in total. The number of nitrogens with two attached hydrogens (primary N) is 1. The van der Waals surface area contributed by atoms with Crippen molar-refractivity contribution < 1.29 is 4.79 Å². The number of carbonyl (C=O) groups is 1. The summed E-state index contributed by atoms with van der Waals surface area (Å²) in [6.07, 6.45) is 3.91. The second kappa shape index (κ2) is 7.81. The van der Waals surface area contributed by atoms with Gasteiger partial charge < -0.3 is 11.1 Å². The fourth-order valence-corrected chi connectivity index (χ4v) is 3.12. The first-order valence-corrected chi connectivity index (χ1v) is 7.61. The highest BCUT2D eigenvalue weighted by molar-refractivity contribution is 5.85. The summed E-state index contributed by atoms with van der Waals surface area (Å²) in [4.78, 5) is 12.4. The maximum absolute atomic E-state index is 12.4. The largest absolute Gasteiger partial charge is 0.349 e. The van der Waals surface area contributed by atoms with Gasteiger partial charge in [0.1, 0.15) is 0 Å². The van der Waals surface area contributed by atoms with Gasteiger partial charge in [-0.05, 0) is 56.7 Å². The highest BCUT2D eigenvalue weighted by atomic mass is 35.5. The van der Waals surface area contributed by atoms with Crippen LogP contribution in [0.4, 0.5) is 0 Å². The van der Waals surface area contributed by atoms with Crippen molar-refractivity contribution in [3.8, 4) is 0 Å². The molecule has 1 aromatic carbocycles. The molecule has 3 N–H and O–H groups in total. The summed E-state index contributed by atoms with van der Waals surface area (Å²) < 4.78 is 0. The average molecular weight is 311 g/mol. The third-order valence-electron chi connectivity index (χ3n) is 4.56. The van der Waals surface area contributed by atoms with Crippen molar-refractivity contribution in [2.75, 3.05) is 0 Å². The molecule has 1 aliphatic rings. The van der Waals surface area contributed by atoms with E-state index in [1.807, 2.05) is 0 Å². The Morgan fingerprint density at radius 3 is 2.71 bits per heavy atom. The average Bonchev–Trinajstić information content (AvgIpc) is 2.41. The standard InChI is InChI=1S/C17H26N2O.ClH/c1-11-6-4-9-16(12(11)2)13(3)19-17(20)14-7-5-8-15(18)10-14;/h4,6,9,13-15H,5,7-8,10,18H2,1-3H3,(H,19,20);1H. The molecule has 3 unspecified atom stereocenters. The summed E-state index contributed by atoms with van der Waals surface area (Å²) >= 11 is 0. The molecule has 1 saturated carbocycles. The number of amides is 1. The van der Waals surface area contributed by atoms with Crippen LogP contribution in [0.1, 0.15) is 55.3 Å². The molecule has 0 aromatic heterocycles. The second-order valence-corrected chi connectivity index (χ2v) is 6.14. The van der Waals surface area contributed by atoms with Crippen LogP contribution in [-0.4, -0.2) is 11.9 Å². The predicted molar refractivity (Wildman–Crippen MR) is 89.7 cm³/mol. The molecule has 1 amide bonds. The fraction of sp³-hybridized carbons (Fsp3) is 0.588. The van der Waals surface area contributed by atoms with Gasteiger partial charge in [-0.1, -0.05) is 24.6 Å². The Labute approximate surface area is 134 Å². The van der Waals surface area contributed by atoms with Gasteiger partial charge in [-0.25, -0.2) is 0 Å². The Hall–Kier alpha value is -1.06. The lowest BCUT2D eigenvalue weighted by atomic mass is 9.85. The second-order valence-electron chi connectivity index (χ2n) is 6.14. The Kier molecular flexibility index (Phi) is 6.69. The molecule has 0 heterocycles. The molecule has 21 heavy (non-hydrogen) atoms. The molecular formula is C17H27ClN2O. The van der Waals surface area contributed by atoms with Crippen LogP contribution in [0, 0.1) is 19.8 Å². The highest BCUT2D eigenvalue weighted by Gasteiger charge is 2.26. The maximum atomic E-state index is 12.4. The molecule has 0 spiro atoms. The number of hydrogen-bond donors (Lipinski definition) is 2. The first-order valence-electron chi connectivity index (χ1n) is 7.61. The van der Waals surface area contributed by atoms with Gasteiger partial charge in [0.25, 0.3) is 0 Å². The molecule has 4 heteroatoms. The Morgan fingerprint density at radius 2 is 2.05 bits per heavy atom. The normalized spacial score (nSPS) is 23.0. The SMILES string of the molecule is Cc1cccc(C(C)NC(=O)C2CCCC(N)C2)c1C.Cl. The molecule has 1 aliphatic carbocycles. The summed E-state index contributed by atoms with van der Waals surface area (Å²) in [6.45, 7) is 6.28. The van der Waals surface area contributed by atoms with Crippen molar-refractivity contribution in [1.29, 1.82) is 0 Å². The van der Waals surface area contributed by atoms with E-state index in [-0.39, 0.29) is 36.3 Å². The highest BCUT2D eigenvalue weighted by Crippen LogP contribution is 2.25. The van der Waals surface area contributed by atoms with E-state index in [0.29, 0.717) is 0 Å². The Morgan fingerprint density at radius 1 is 1.33 bits per heavy atom. The maximum Gasteiger partial charge on any atom is 0.223 e. The van der Waals surface area contributed by atoms with Crippen LogP contribution < -0.4 is 11.1 Å². The lowest BCUT2D eigenvalue weighted by Gasteiger charge is -2.27. The van der Waals surface area contributed by atoms with Gasteiger partial charge in [0.2, 0.25) is 5.91 Å². The van der Waals surface area contributed by atoms with E-state index in [4.69, 9.17) is 5.73 Å². The first kappa shape index (κ1) is 18.0. The van der Waals surface area contributed by atoms with Crippen LogP contribution in [0.5, 0.6) is 0 Å². The van der Waals surface area contributed by atoms with Gasteiger partial charge >= 0.3 is 0 Å². The van der Waals surface area contributed by atoms with Gasteiger partial charge in [-0.2, -0.15) is 0 Å². The van der Waals surface area contributed by atoms with E-state index in [0.717, 1.165) is 25.7 Å². The molecule has 1 fully saturated rings. The van der Waals surface area contributed by atoms with E-state index in [1.165, 1.54) is 16.7 Å². The van der Waals surface area contributed by atoms with Crippen LogP contribution in [0.2, 0.25) is 0 Å². The quantitative estimate of drug-likeness (QED) is 0.898. The Bertz CT molecular complexity index is 490. The fourth-order valence-electron chi connectivity index (χ4n) is 3.12. The van der Waals surface area contributed by atoms with Gasteiger partial charge in [0.15, 0.2) is 0 Å². The third-order valence-corrected chi connectivity index (χ3v) is 4.56. The van der Waals surface area contributed by atoms with Gasteiger partial charge in [-0.3, -0.25) is 4.79 Å². The summed E-state index contributed by atoms with van der Waals surface area (Å²) in [7, 11) is 0. The minimum absolute atomic E-state index is 0. The zero-order chi connectivity index (χ0) is 14.7. The van der Waals surface area contributed by atoms with E-state index >= 15 is 0 Å². The zero-order valence-corrected chi connectivity index (χ0v) is 14.0. The van der Waals surface area contributed by atoms with Crippen molar-refractivity contribution in [2.45, 2.75) is 58.5 Å². The van der Waals surface area contributed by atoms with Gasteiger partial charge in [0.05, 0.1) is 6.04 Å². The first-order chi connectivity index (χ1) is 9.49. The van der Waals surface area contributed by atoms with Crippen molar-refractivity contribution in [3.63, 3.8) is 0 Å². The van der Waals surface area contributed by atoms with Gasteiger partial charge in [-0.15, -0.1) is 12.4 Å². The topological polar surface area (TPSA) is 55.1 Å². The summed E-state index contributed by atoms with van der Waals surface area (Å²) in [5.74, 6) is 0.250. The van der Waals surface area contributed by atoms with Crippen molar-refractivity contribution in [1.82, 2.24) is 5.32 Å². The molecule has 2 rings (SSSR count). The number of nitrogens with one attached hydrogen (secondary N) is 1. The molecule has 3 atom stereocenters. The summed E-state index contributed by atoms with van der Waals surface area (Å²) in [5.41, 5.74) is 9.71. The van der Waals surface area contributed by atoms with Crippen LogP contribution in [0.15, 0.2) is 18.2 Å². The molecule has 1 aromatic rings. The van der Waals surface area contributed by atoms with E-state index < -0.39 is 0 Å². The van der Waals surface area contributed by atoms with Crippen molar-refractivity contribution >= 4 is 18.3 Å². The lowest BCUT2D eigenvalue weighted by Crippen LogP contribution is -2.38. The van der Waals surface area contributed by atoms with Crippen LogP contribution in [0.3, 0.4) is 0 Å². The smallest absolute Gasteiger partial charge is 0.223 e.